The molecule has 1 unspecified atom stereocenters. The first-order valence-electron chi connectivity index (χ1n) is 14.9. The number of likely N-dealkylation sites (N-methyl/N-ethyl adjacent to an activating group) is 2. The van der Waals surface area contributed by atoms with Gasteiger partial charge in [-0.3, -0.25) is 14.3 Å². The molecule has 0 spiro atoms. The second-order valence-electron chi connectivity index (χ2n) is 12.0. The summed E-state index contributed by atoms with van der Waals surface area (Å²) < 4.78 is 28.7. The molecular formula is C36H42N4O4S. The molecule has 0 heterocycles. The van der Waals surface area contributed by atoms with Crippen molar-refractivity contribution in [3.63, 3.8) is 0 Å². The van der Waals surface area contributed by atoms with E-state index in [9.17, 15) is 18.0 Å². The van der Waals surface area contributed by atoms with E-state index in [4.69, 9.17) is 5.73 Å². The summed E-state index contributed by atoms with van der Waals surface area (Å²) in [5.41, 5.74) is 7.76. The van der Waals surface area contributed by atoms with Crippen LogP contribution in [0.2, 0.25) is 0 Å². The maximum Gasteiger partial charge on any atom is 0.261 e. The largest absolute Gasteiger partial charge is 0.344 e. The van der Waals surface area contributed by atoms with E-state index in [0.29, 0.717) is 31.5 Å². The van der Waals surface area contributed by atoms with Gasteiger partial charge in [-0.25, -0.2) is 8.42 Å². The predicted molar refractivity (Wildman–Crippen MR) is 181 cm³/mol. The number of fused-ring (bicyclic) bond motifs is 1. The molecule has 0 bridgehead atoms. The van der Waals surface area contributed by atoms with E-state index in [2.05, 4.69) is 10.8 Å². The van der Waals surface area contributed by atoms with Crippen LogP contribution in [0.25, 0.3) is 10.8 Å². The molecule has 4 aromatic rings. The van der Waals surface area contributed by atoms with Crippen molar-refractivity contribution in [3.05, 3.63) is 120 Å². The van der Waals surface area contributed by atoms with Crippen LogP contribution in [0.5, 0.6) is 0 Å². The first-order valence-corrected chi connectivity index (χ1v) is 16.4. The first kappa shape index (κ1) is 33.4. The van der Waals surface area contributed by atoms with E-state index in [1.165, 1.54) is 23.1 Å². The quantitative estimate of drug-likeness (QED) is 0.193. The van der Waals surface area contributed by atoms with E-state index < -0.39 is 21.6 Å². The van der Waals surface area contributed by atoms with Crippen LogP contribution in [0, 0.1) is 0 Å². The lowest BCUT2D eigenvalue weighted by molar-refractivity contribution is -0.141. The predicted octanol–water partition coefficient (Wildman–Crippen LogP) is 5.39. The van der Waals surface area contributed by atoms with Crippen LogP contribution in [0.1, 0.15) is 31.4 Å². The molecule has 8 nitrogen and oxygen atoms in total. The molecular weight excluding hydrogens is 584 g/mol. The zero-order valence-corrected chi connectivity index (χ0v) is 27.1. The highest BCUT2D eigenvalue weighted by Gasteiger charge is 2.29. The van der Waals surface area contributed by atoms with Crippen LogP contribution in [0.15, 0.2) is 114 Å². The van der Waals surface area contributed by atoms with Gasteiger partial charge in [-0.05, 0) is 72.9 Å². The second-order valence-corrected chi connectivity index (χ2v) is 13.7. The monoisotopic (exact) mass is 626 g/mol. The van der Waals surface area contributed by atoms with Crippen molar-refractivity contribution in [2.24, 2.45) is 5.73 Å². The van der Waals surface area contributed by atoms with E-state index in [1.807, 2.05) is 62.4 Å². The number of nitrogens with one attached hydrogen (secondary N) is 1. The van der Waals surface area contributed by atoms with Crippen LogP contribution in [-0.4, -0.2) is 62.3 Å². The van der Waals surface area contributed by atoms with Crippen molar-refractivity contribution in [2.45, 2.75) is 49.6 Å². The lowest BCUT2D eigenvalue weighted by atomic mass is 9.99. The fraction of sp³-hybridized carbons (Fsp3) is 0.278. The number of carbonyl (C=O) groups is 2. The molecule has 0 aliphatic rings. The summed E-state index contributed by atoms with van der Waals surface area (Å²) in [6.07, 6.45) is 4.47. The van der Waals surface area contributed by atoms with Gasteiger partial charge in [0.1, 0.15) is 6.04 Å². The van der Waals surface area contributed by atoms with Gasteiger partial charge in [-0.2, -0.15) is 0 Å². The minimum Gasteiger partial charge on any atom is -0.344 e. The number of sulfonamides is 1. The number of hydrogen-bond acceptors (Lipinski definition) is 5. The van der Waals surface area contributed by atoms with Gasteiger partial charge >= 0.3 is 0 Å². The summed E-state index contributed by atoms with van der Waals surface area (Å²) in [4.78, 5) is 30.5. The van der Waals surface area contributed by atoms with Gasteiger partial charge in [0.25, 0.3) is 10.0 Å². The van der Waals surface area contributed by atoms with Gasteiger partial charge in [-0.15, -0.1) is 0 Å². The summed E-state index contributed by atoms with van der Waals surface area (Å²) in [6, 6.07) is 28.6. The number of carbonyl (C=O) groups excluding carboxylic acids is 2. The minimum absolute atomic E-state index is 0.167. The number of para-hydroxylation sites is 1. The number of benzene rings is 4. The molecule has 0 radical (unpaired) electrons. The van der Waals surface area contributed by atoms with E-state index in [-0.39, 0.29) is 16.7 Å². The SMILES string of the molecule is CN(CCc1ccccc1NS(=O)(=O)c1ccccc1)C(=O)C(Cc1ccc2ccccc2c1)N(C)C(=O)/C=C/CC(C)(C)N. The van der Waals surface area contributed by atoms with Crippen molar-refractivity contribution in [1.29, 1.82) is 0 Å². The summed E-state index contributed by atoms with van der Waals surface area (Å²) in [5.74, 6) is -0.499. The second kappa shape index (κ2) is 14.5. The molecule has 236 valence electrons. The van der Waals surface area contributed by atoms with Crippen molar-refractivity contribution >= 4 is 38.3 Å². The zero-order chi connectivity index (χ0) is 32.6. The van der Waals surface area contributed by atoms with Crippen molar-refractivity contribution in [2.75, 3.05) is 25.4 Å². The van der Waals surface area contributed by atoms with Crippen molar-refractivity contribution < 1.29 is 18.0 Å². The van der Waals surface area contributed by atoms with Crippen LogP contribution < -0.4 is 10.5 Å². The molecule has 3 N–H and O–H groups in total. The van der Waals surface area contributed by atoms with E-state index in [1.54, 1.807) is 55.4 Å². The van der Waals surface area contributed by atoms with Crippen LogP contribution >= 0.6 is 0 Å². The molecule has 0 saturated carbocycles. The Bertz CT molecular complexity index is 1760. The number of hydrogen-bond donors (Lipinski definition) is 2. The summed E-state index contributed by atoms with van der Waals surface area (Å²) in [5, 5.41) is 2.16. The molecule has 0 aromatic heterocycles. The molecule has 0 fully saturated rings. The number of amides is 2. The average molecular weight is 627 g/mol. The Kier molecular flexibility index (Phi) is 10.8. The molecule has 2 amide bonds. The highest BCUT2D eigenvalue weighted by Crippen LogP contribution is 2.22. The Morgan fingerprint density at radius 2 is 1.53 bits per heavy atom. The zero-order valence-electron chi connectivity index (χ0n) is 26.3. The lowest BCUT2D eigenvalue weighted by Gasteiger charge is -2.31. The molecule has 45 heavy (non-hydrogen) atoms. The normalized spacial score (nSPS) is 12.6. The van der Waals surface area contributed by atoms with Gasteiger partial charge in [0, 0.05) is 32.6 Å². The molecule has 0 saturated heterocycles. The maximum atomic E-state index is 14.0. The molecule has 0 aliphatic heterocycles. The number of anilines is 1. The summed E-state index contributed by atoms with van der Waals surface area (Å²) >= 11 is 0. The third-order valence-electron chi connectivity index (χ3n) is 7.66. The molecule has 1 atom stereocenters. The van der Waals surface area contributed by atoms with Gasteiger partial charge in [0.2, 0.25) is 11.8 Å². The third kappa shape index (κ3) is 9.26. The van der Waals surface area contributed by atoms with Gasteiger partial charge in [0.15, 0.2) is 0 Å². The molecule has 0 aliphatic carbocycles. The Hall–Kier alpha value is -4.47. The van der Waals surface area contributed by atoms with Crippen molar-refractivity contribution in [1.82, 2.24) is 9.80 Å². The van der Waals surface area contributed by atoms with Crippen LogP contribution in [0.4, 0.5) is 5.69 Å². The van der Waals surface area contributed by atoms with Gasteiger partial charge in [-0.1, -0.05) is 84.9 Å². The standard InChI is InChI=1S/C36H42N4O4S/c1-36(2,37)23-12-19-34(41)40(4)33(26-27-20-21-28-13-8-9-15-30(28)25-27)35(42)39(3)24-22-29-14-10-11-18-32(29)38-45(43,44)31-16-6-5-7-17-31/h5-21,25,33,38H,22-24,26,37H2,1-4H3/b19-12+. The molecule has 4 aromatic carbocycles. The van der Waals surface area contributed by atoms with Gasteiger partial charge in [0.05, 0.1) is 10.6 Å². The van der Waals surface area contributed by atoms with Crippen LogP contribution in [-0.2, 0) is 32.5 Å². The summed E-state index contributed by atoms with van der Waals surface area (Å²) in [6.45, 7) is 4.09. The van der Waals surface area contributed by atoms with E-state index >= 15 is 0 Å². The topological polar surface area (TPSA) is 113 Å². The maximum absolute atomic E-state index is 14.0. The fourth-order valence-electron chi connectivity index (χ4n) is 5.01. The van der Waals surface area contributed by atoms with Crippen molar-refractivity contribution in [3.8, 4) is 0 Å². The third-order valence-corrected chi connectivity index (χ3v) is 9.04. The molecule has 4 rings (SSSR count). The Labute approximate surface area is 266 Å². The first-order chi connectivity index (χ1) is 21.3. The number of nitrogens with zero attached hydrogens (tertiary/aromatic N) is 2. The Morgan fingerprint density at radius 3 is 2.24 bits per heavy atom. The lowest BCUT2D eigenvalue weighted by Crippen LogP contribution is -2.49. The minimum atomic E-state index is -3.78. The highest BCUT2D eigenvalue weighted by atomic mass is 32.2. The molecule has 9 heteroatoms. The Balaban J connectivity index is 1.53. The average Bonchev–Trinajstić information content (AvgIpc) is 3.02. The van der Waals surface area contributed by atoms with Gasteiger partial charge < -0.3 is 15.5 Å². The smallest absolute Gasteiger partial charge is 0.261 e. The Morgan fingerprint density at radius 1 is 0.889 bits per heavy atom. The van der Waals surface area contributed by atoms with E-state index in [0.717, 1.165) is 21.9 Å². The number of nitrogens with two attached hydrogens (primary N) is 1. The number of rotatable bonds is 13. The van der Waals surface area contributed by atoms with Crippen LogP contribution in [0.3, 0.4) is 0 Å². The summed E-state index contributed by atoms with van der Waals surface area (Å²) in [7, 11) is -0.431. The fourth-order valence-corrected chi connectivity index (χ4v) is 6.13. The highest BCUT2D eigenvalue weighted by molar-refractivity contribution is 7.92.